The lowest BCUT2D eigenvalue weighted by Gasteiger charge is -2.21. The first-order valence-corrected chi connectivity index (χ1v) is 8.11. The number of esters is 1. The quantitative estimate of drug-likeness (QED) is 0.787. The molecule has 0 saturated carbocycles. The lowest BCUT2D eigenvalue weighted by atomic mass is 10.2. The first-order valence-electron chi connectivity index (χ1n) is 5.79. The van der Waals surface area contributed by atoms with Crippen LogP contribution in [0.3, 0.4) is 0 Å². The van der Waals surface area contributed by atoms with Crippen molar-refractivity contribution in [2.75, 3.05) is 13.2 Å². The largest absolute Gasteiger partial charge is 0.465 e. The Bertz CT molecular complexity index is 509. The third-order valence-electron chi connectivity index (χ3n) is 2.82. The van der Waals surface area contributed by atoms with E-state index in [1.807, 2.05) is 0 Å². The SMILES string of the molecule is CCOC(=O)C1CCCN1S(=O)(=O)c1cccs1. The van der Waals surface area contributed by atoms with Gasteiger partial charge in [0.15, 0.2) is 0 Å². The van der Waals surface area contributed by atoms with E-state index in [0.717, 1.165) is 11.3 Å². The normalized spacial score (nSPS) is 21.1. The number of carbonyl (C=O) groups excluding carboxylic acids is 1. The van der Waals surface area contributed by atoms with E-state index in [2.05, 4.69) is 0 Å². The van der Waals surface area contributed by atoms with Crippen LogP contribution in [0, 0.1) is 0 Å². The molecule has 7 heteroatoms. The minimum atomic E-state index is -3.56. The van der Waals surface area contributed by atoms with Crippen LogP contribution in [-0.4, -0.2) is 37.9 Å². The van der Waals surface area contributed by atoms with Crippen molar-refractivity contribution < 1.29 is 17.9 Å². The number of nitrogens with zero attached hydrogens (tertiary/aromatic N) is 1. The summed E-state index contributed by atoms with van der Waals surface area (Å²) < 4.78 is 31.2. The van der Waals surface area contributed by atoms with E-state index in [1.54, 1.807) is 24.4 Å². The second-order valence-electron chi connectivity index (χ2n) is 3.96. The molecule has 0 N–H and O–H groups in total. The summed E-state index contributed by atoms with van der Waals surface area (Å²) >= 11 is 1.16. The molecule has 5 nitrogen and oxygen atoms in total. The van der Waals surface area contributed by atoms with Crippen molar-refractivity contribution >= 4 is 27.3 Å². The van der Waals surface area contributed by atoms with Crippen molar-refractivity contribution in [3.63, 3.8) is 0 Å². The number of hydrogen-bond acceptors (Lipinski definition) is 5. The van der Waals surface area contributed by atoms with Crippen LogP contribution < -0.4 is 0 Å². The molecule has 18 heavy (non-hydrogen) atoms. The molecule has 0 aromatic carbocycles. The molecule has 100 valence electrons. The zero-order chi connectivity index (χ0) is 13.2. The minimum absolute atomic E-state index is 0.266. The van der Waals surface area contributed by atoms with E-state index in [1.165, 1.54) is 4.31 Å². The molecule has 2 heterocycles. The third kappa shape index (κ3) is 2.43. The zero-order valence-corrected chi connectivity index (χ0v) is 11.7. The molecule has 1 aromatic heterocycles. The van der Waals surface area contributed by atoms with Gasteiger partial charge in [0.1, 0.15) is 10.3 Å². The standard InChI is InChI=1S/C11H15NO4S2/c1-2-16-11(13)9-5-3-7-12(9)18(14,15)10-6-4-8-17-10/h4,6,8-9H,2-3,5,7H2,1H3. The van der Waals surface area contributed by atoms with E-state index in [-0.39, 0.29) is 10.8 Å². The van der Waals surface area contributed by atoms with E-state index in [4.69, 9.17) is 4.74 Å². The van der Waals surface area contributed by atoms with Gasteiger partial charge in [-0.05, 0) is 31.2 Å². The fraction of sp³-hybridized carbons (Fsp3) is 0.545. The second-order valence-corrected chi connectivity index (χ2v) is 7.02. The smallest absolute Gasteiger partial charge is 0.324 e. The fourth-order valence-electron chi connectivity index (χ4n) is 2.03. The van der Waals surface area contributed by atoms with Crippen molar-refractivity contribution in [2.24, 2.45) is 0 Å². The summed E-state index contributed by atoms with van der Waals surface area (Å²) in [5.74, 6) is -0.449. The van der Waals surface area contributed by atoms with Gasteiger partial charge in [-0.15, -0.1) is 11.3 Å². The van der Waals surface area contributed by atoms with Gasteiger partial charge in [0.25, 0.3) is 10.0 Å². The highest BCUT2D eigenvalue weighted by atomic mass is 32.2. The van der Waals surface area contributed by atoms with Gasteiger partial charge < -0.3 is 4.74 Å². The Morgan fingerprint density at radius 1 is 1.61 bits per heavy atom. The van der Waals surface area contributed by atoms with Crippen molar-refractivity contribution in [3.8, 4) is 0 Å². The maximum absolute atomic E-state index is 12.3. The molecule has 0 bridgehead atoms. The summed E-state index contributed by atoms with van der Waals surface area (Å²) in [5.41, 5.74) is 0. The molecule has 1 aliphatic heterocycles. The topological polar surface area (TPSA) is 63.7 Å². The van der Waals surface area contributed by atoms with E-state index >= 15 is 0 Å². The number of sulfonamides is 1. The summed E-state index contributed by atoms with van der Waals surface area (Å²) in [6.07, 6.45) is 1.22. The van der Waals surface area contributed by atoms with Gasteiger partial charge >= 0.3 is 5.97 Å². The minimum Gasteiger partial charge on any atom is -0.465 e. The number of carbonyl (C=O) groups is 1. The van der Waals surface area contributed by atoms with Crippen molar-refractivity contribution in [1.29, 1.82) is 0 Å². The average molecular weight is 289 g/mol. The predicted octanol–water partition coefficient (Wildman–Crippen LogP) is 1.46. The molecule has 1 fully saturated rings. The fourth-order valence-corrected chi connectivity index (χ4v) is 4.79. The molecule has 1 atom stereocenters. The van der Waals surface area contributed by atoms with E-state index < -0.39 is 22.0 Å². The van der Waals surface area contributed by atoms with Gasteiger partial charge in [0.2, 0.25) is 0 Å². The third-order valence-corrected chi connectivity index (χ3v) is 6.10. The molecule has 0 spiro atoms. The summed E-state index contributed by atoms with van der Waals surface area (Å²) in [6, 6.07) is 2.57. The van der Waals surface area contributed by atoms with Crippen LogP contribution in [0.25, 0.3) is 0 Å². The Morgan fingerprint density at radius 3 is 3.00 bits per heavy atom. The molecular formula is C11H15NO4S2. The first-order chi connectivity index (χ1) is 8.57. The molecule has 2 rings (SSSR count). The van der Waals surface area contributed by atoms with Gasteiger partial charge in [-0.2, -0.15) is 4.31 Å². The molecule has 1 unspecified atom stereocenters. The number of thiophene rings is 1. The maximum atomic E-state index is 12.3. The van der Waals surface area contributed by atoms with Crippen LogP contribution in [0.5, 0.6) is 0 Å². The number of ether oxygens (including phenoxy) is 1. The molecule has 1 aromatic rings. The van der Waals surface area contributed by atoms with Crippen LogP contribution in [0.15, 0.2) is 21.7 Å². The highest BCUT2D eigenvalue weighted by molar-refractivity contribution is 7.91. The van der Waals surface area contributed by atoms with Crippen LogP contribution >= 0.6 is 11.3 Å². The Kier molecular flexibility index (Phi) is 4.04. The lowest BCUT2D eigenvalue weighted by molar-refractivity contribution is -0.146. The monoisotopic (exact) mass is 289 g/mol. The van der Waals surface area contributed by atoms with Gasteiger partial charge in [0, 0.05) is 6.54 Å². The molecule has 0 amide bonds. The van der Waals surface area contributed by atoms with Crippen LogP contribution in [0.1, 0.15) is 19.8 Å². The van der Waals surface area contributed by atoms with E-state index in [0.29, 0.717) is 19.4 Å². The highest BCUT2D eigenvalue weighted by Crippen LogP contribution is 2.28. The summed E-state index contributed by atoms with van der Waals surface area (Å²) in [7, 11) is -3.56. The molecule has 1 aliphatic rings. The zero-order valence-electron chi connectivity index (χ0n) is 10.0. The van der Waals surface area contributed by atoms with E-state index in [9.17, 15) is 13.2 Å². The molecule has 0 aliphatic carbocycles. The van der Waals surface area contributed by atoms with Crippen molar-refractivity contribution in [1.82, 2.24) is 4.31 Å². The molecule has 1 saturated heterocycles. The summed E-state index contributed by atoms with van der Waals surface area (Å²) in [5, 5.41) is 1.71. The Balaban J connectivity index is 2.24. The lowest BCUT2D eigenvalue weighted by Crippen LogP contribution is -2.41. The van der Waals surface area contributed by atoms with Crippen LogP contribution in [-0.2, 0) is 19.6 Å². The number of hydrogen-bond donors (Lipinski definition) is 0. The highest BCUT2D eigenvalue weighted by Gasteiger charge is 2.40. The predicted molar refractivity (Wildman–Crippen MR) is 67.9 cm³/mol. The molecular weight excluding hydrogens is 274 g/mol. The number of rotatable bonds is 4. The van der Waals surface area contributed by atoms with Gasteiger partial charge in [-0.25, -0.2) is 8.42 Å². The summed E-state index contributed by atoms with van der Waals surface area (Å²) in [4.78, 5) is 11.7. The van der Waals surface area contributed by atoms with Crippen molar-refractivity contribution in [3.05, 3.63) is 17.5 Å². The Labute approximate surface area is 110 Å². The Hall–Kier alpha value is -0.920. The second kappa shape index (κ2) is 5.38. The van der Waals surface area contributed by atoms with Gasteiger partial charge in [-0.3, -0.25) is 4.79 Å². The maximum Gasteiger partial charge on any atom is 0.324 e. The van der Waals surface area contributed by atoms with Crippen molar-refractivity contribution in [2.45, 2.75) is 30.0 Å². The van der Waals surface area contributed by atoms with Crippen LogP contribution in [0.2, 0.25) is 0 Å². The van der Waals surface area contributed by atoms with Gasteiger partial charge in [-0.1, -0.05) is 6.07 Å². The molecule has 0 radical (unpaired) electrons. The summed E-state index contributed by atoms with van der Waals surface area (Å²) in [6.45, 7) is 2.36. The average Bonchev–Trinajstić information content (AvgIpc) is 3.01. The van der Waals surface area contributed by atoms with Crippen LogP contribution in [0.4, 0.5) is 0 Å². The Morgan fingerprint density at radius 2 is 2.39 bits per heavy atom. The van der Waals surface area contributed by atoms with Gasteiger partial charge in [0.05, 0.1) is 6.61 Å². The first kappa shape index (κ1) is 13.5.